The molecular weight excluding hydrogens is 362 g/mol. The minimum atomic E-state index is 0.130. The van der Waals surface area contributed by atoms with Crippen molar-refractivity contribution in [3.63, 3.8) is 0 Å². The summed E-state index contributed by atoms with van der Waals surface area (Å²) >= 11 is 0. The number of allylic oxidation sites excluding steroid dienone is 4. The van der Waals surface area contributed by atoms with E-state index < -0.39 is 0 Å². The number of methoxy groups -OCH3 is 1. The Hall–Kier alpha value is -2.17. The Labute approximate surface area is 173 Å². The van der Waals surface area contributed by atoms with E-state index in [1.807, 2.05) is 12.3 Å². The smallest absolute Gasteiger partial charge is 0.232 e. The summed E-state index contributed by atoms with van der Waals surface area (Å²) in [6.45, 7) is 5.90. The number of ketones is 1. The minimum absolute atomic E-state index is 0.130. The molecule has 4 aliphatic rings. The zero-order chi connectivity index (χ0) is 20.4. The molecule has 5 heteroatoms. The van der Waals surface area contributed by atoms with E-state index in [1.165, 1.54) is 24.1 Å². The lowest BCUT2D eigenvalue weighted by molar-refractivity contribution is -0.118. The Balaban J connectivity index is 1.49. The van der Waals surface area contributed by atoms with Gasteiger partial charge in [-0.1, -0.05) is 19.9 Å². The van der Waals surface area contributed by atoms with E-state index in [4.69, 9.17) is 9.72 Å². The van der Waals surface area contributed by atoms with Crippen LogP contribution in [0, 0.1) is 28.6 Å². The molecule has 0 bridgehead atoms. The molecule has 5 atom stereocenters. The average molecular weight is 394 g/mol. The largest absolute Gasteiger partial charge is 0.480 e. The number of ether oxygens (including phenoxy) is 1. The molecule has 2 heterocycles. The minimum Gasteiger partial charge on any atom is -0.480 e. The molecule has 0 N–H and O–H groups in total. The predicted octanol–water partition coefficient (Wildman–Crippen LogP) is 4.12. The topological polar surface area (TPSA) is 55.3 Å². The van der Waals surface area contributed by atoms with Crippen LogP contribution in [0.25, 0.3) is 5.57 Å². The first-order valence-electron chi connectivity index (χ1n) is 10.9. The maximum absolute atomic E-state index is 12.1. The monoisotopic (exact) mass is 393 g/mol. The normalized spacial score (nSPS) is 38.6. The number of piperidine rings is 1. The lowest BCUT2D eigenvalue weighted by Crippen LogP contribution is -2.56. The van der Waals surface area contributed by atoms with Gasteiger partial charge in [-0.05, 0) is 54.4 Å². The highest BCUT2D eigenvalue weighted by atomic mass is 16.5. The zero-order valence-corrected chi connectivity index (χ0v) is 17.9. The second-order valence-corrected chi connectivity index (χ2v) is 9.93. The van der Waals surface area contributed by atoms with Crippen molar-refractivity contribution in [1.82, 2.24) is 14.9 Å². The summed E-state index contributed by atoms with van der Waals surface area (Å²) in [6, 6.07) is 0. The average Bonchev–Trinajstić information content (AvgIpc) is 3.07. The fourth-order valence-corrected chi connectivity index (χ4v) is 7.11. The molecule has 5 nitrogen and oxygen atoms in total. The summed E-state index contributed by atoms with van der Waals surface area (Å²) in [6.07, 6.45) is 13.1. The van der Waals surface area contributed by atoms with Crippen LogP contribution >= 0.6 is 0 Å². The van der Waals surface area contributed by atoms with Gasteiger partial charge in [0.2, 0.25) is 5.88 Å². The van der Waals surface area contributed by atoms with Crippen molar-refractivity contribution >= 4 is 11.4 Å². The van der Waals surface area contributed by atoms with E-state index in [9.17, 15) is 4.79 Å². The summed E-state index contributed by atoms with van der Waals surface area (Å²) in [4.78, 5) is 23.6. The number of aromatic nitrogens is 2. The van der Waals surface area contributed by atoms with Gasteiger partial charge in [-0.3, -0.25) is 9.78 Å². The molecule has 1 aromatic heterocycles. The van der Waals surface area contributed by atoms with Crippen LogP contribution in [0.4, 0.5) is 0 Å². The molecule has 0 radical (unpaired) electrons. The summed E-state index contributed by atoms with van der Waals surface area (Å²) in [7, 11) is 3.83. The van der Waals surface area contributed by atoms with Gasteiger partial charge in [0.25, 0.3) is 0 Å². The first kappa shape index (κ1) is 18.8. The highest BCUT2D eigenvalue weighted by Crippen LogP contribution is 2.65. The first-order chi connectivity index (χ1) is 13.9. The van der Waals surface area contributed by atoms with E-state index in [0.717, 1.165) is 25.1 Å². The molecule has 1 aromatic rings. The molecule has 1 saturated carbocycles. The lowest BCUT2D eigenvalue weighted by Gasteiger charge is -2.60. The van der Waals surface area contributed by atoms with Crippen LogP contribution in [0.2, 0.25) is 0 Å². The van der Waals surface area contributed by atoms with Gasteiger partial charge in [0, 0.05) is 37.2 Å². The third kappa shape index (κ3) is 2.62. The Morgan fingerprint density at radius 2 is 2.00 bits per heavy atom. The van der Waals surface area contributed by atoms with E-state index in [1.54, 1.807) is 13.3 Å². The highest BCUT2D eigenvalue weighted by molar-refractivity contribution is 5.91. The van der Waals surface area contributed by atoms with Gasteiger partial charge in [0.1, 0.15) is 0 Å². The molecular formula is C24H31N3O2. The van der Waals surface area contributed by atoms with Gasteiger partial charge >= 0.3 is 0 Å². The first-order valence-corrected chi connectivity index (χ1v) is 10.9. The van der Waals surface area contributed by atoms with E-state index in [0.29, 0.717) is 35.8 Å². The summed E-state index contributed by atoms with van der Waals surface area (Å²) in [5.41, 5.74) is 3.85. The molecule has 1 aliphatic heterocycles. The van der Waals surface area contributed by atoms with E-state index in [-0.39, 0.29) is 10.8 Å². The summed E-state index contributed by atoms with van der Waals surface area (Å²) in [5, 5.41) is 0. The van der Waals surface area contributed by atoms with Crippen molar-refractivity contribution in [2.75, 3.05) is 20.7 Å². The number of rotatable bonds is 2. The molecule has 0 amide bonds. The van der Waals surface area contributed by atoms with Gasteiger partial charge < -0.3 is 9.64 Å². The number of fused-ring (bicyclic) bond motifs is 5. The van der Waals surface area contributed by atoms with Crippen LogP contribution in [0.5, 0.6) is 5.88 Å². The van der Waals surface area contributed by atoms with Crippen molar-refractivity contribution in [3.8, 4) is 5.88 Å². The third-order valence-electron chi connectivity index (χ3n) is 8.60. The van der Waals surface area contributed by atoms with Crippen molar-refractivity contribution in [2.24, 2.45) is 28.6 Å². The Kier molecular flexibility index (Phi) is 4.17. The van der Waals surface area contributed by atoms with Gasteiger partial charge in [0.05, 0.1) is 25.2 Å². The van der Waals surface area contributed by atoms with Crippen molar-refractivity contribution < 1.29 is 9.53 Å². The number of hydrogen-bond donors (Lipinski definition) is 0. The Morgan fingerprint density at radius 1 is 1.17 bits per heavy atom. The molecule has 1 saturated heterocycles. The van der Waals surface area contributed by atoms with Crippen molar-refractivity contribution in [3.05, 3.63) is 35.9 Å². The second-order valence-electron chi connectivity index (χ2n) is 9.93. The molecule has 154 valence electrons. The molecule has 0 spiro atoms. The van der Waals surface area contributed by atoms with Crippen LogP contribution in [-0.4, -0.2) is 41.4 Å². The van der Waals surface area contributed by atoms with Crippen molar-refractivity contribution in [2.45, 2.75) is 46.0 Å². The van der Waals surface area contributed by atoms with Gasteiger partial charge in [-0.2, -0.15) is 0 Å². The third-order valence-corrected chi connectivity index (χ3v) is 8.60. The number of carbonyl (C=O) groups excluding carboxylic acids is 1. The van der Waals surface area contributed by atoms with Crippen LogP contribution in [0.1, 0.15) is 51.6 Å². The fourth-order valence-electron chi connectivity index (χ4n) is 7.11. The van der Waals surface area contributed by atoms with Crippen LogP contribution in [0.3, 0.4) is 0 Å². The standard InChI is InChI=1S/C24H31N3O2/c1-23-10-8-18-16(14-27(3)21-11-15(28)7-9-24(18,21)2)17(23)5-6-19(23)20-12-25-13-22(26-20)29-4/h6,11-13,16-18H,5,7-10,14H2,1-4H3/t16-,17-,18-,23-,24+/m0/s1. The molecule has 29 heavy (non-hydrogen) atoms. The van der Waals surface area contributed by atoms with E-state index >= 15 is 0 Å². The summed E-state index contributed by atoms with van der Waals surface area (Å²) < 4.78 is 5.32. The summed E-state index contributed by atoms with van der Waals surface area (Å²) in [5.74, 6) is 2.78. The van der Waals surface area contributed by atoms with Crippen LogP contribution < -0.4 is 4.74 Å². The molecule has 2 fully saturated rings. The lowest BCUT2D eigenvalue weighted by atomic mass is 9.49. The number of carbonyl (C=O) groups is 1. The van der Waals surface area contributed by atoms with E-state index in [2.05, 4.69) is 36.9 Å². The van der Waals surface area contributed by atoms with Gasteiger partial charge in [0.15, 0.2) is 5.78 Å². The van der Waals surface area contributed by atoms with Crippen LogP contribution in [0.15, 0.2) is 30.2 Å². The number of nitrogens with zero attached hydrogens (tertiary/aromatic N) is 3. The number of likely N-dealkylation sites (tertiary alicyclic amines) is 1. The molecule has 5 rings (SSSR count). The SMILES string of the molecule is COc1cncc(C2=CC[C@H]3[C@@H]4CN(C)C5=CC(=O)CC[C@]5(C)[C@H]4CC[C@]23C)n1. The maximum Gasteiger partial charge on any atom is 0.232 e. The Bertz CT molecular complexity index is 922. The van der Waals surface area contributed by atoms with Crippen molar-refractivity contribution in [1.29, 1.82) is 0 Å². The number of hydrogen-bond acceptors (Lipinski definition) is 5. The second kappa shape index (κ2) is 6.41. The van der Waals surface area contributed by atoms with Gasteiger partial charge in [-0.15, -0.1) is 0 Å². The maximum atomic E-state index is 12.1. The molecule has 3 aliphatic carbocycles. The van der Waals surface area contributed by atoms with Crippen LogP contribution in [-0.2, 0) is 4.79 Å². The predicted molar refractivity (Wildman–Crippen MR) is 112 cm³/mol. The fraction of sp³-hybridized carbons (Fsp3) is 0.625. The Morgan fingerprint density at radius 3 is 2.79 bits per heavy atom. The van der Waals surface area contributed by atoms with Gasteiger partial charge in [-0.25, -0.2) is 4.98 Å². The molecule has 0 unspecified atom stereocenters. The quantitative estimate of drug-likeness (QED) is 0.756. The zero-order valence-electron chi connectivity index (χ0n) is 17.9. The molecule has 0 aromatic carbocycles. The highest BCUT2D eigenvalue weighted by Gasteiger charge is 2.58.